The summed E-state index contributed by atoms with van der Waals surface area (Å²) < 4.78 is 41.3. The van der Waals surface area contributed by atoms with Crippen LogP contribution in [0.1, 0.15) is 15.9 Å². The molecule has 0 atom stereocenters. The van der Waals surface area contributed by atoms with Crippen molar-refractivity contribution >= 4 is 39.1 Å². The number of carbonyl (C=O) groups is 1. The maximum absolute atomic E-state index is 13.8. The number of aryl methyl sites for hydroxylation is 1. The normalized spacial score (nSPS) is 11.1. The van der Waals surface area contributed by atoms with Crippen LogP contribution in [-0.2, 0) is 10.0 Å². The molecule has 150 valence electrons. The fourth-order valence-electron chi connectivity index (χ4n) is 2.63. The monoisotopic (exact) mass is 430 g/mol. The molecule has 0 aliphatic heterocycles. The standard InChI is InChI=1S/C21H19FN2O3S2/c1-14-7-12-17(29(26,27)24-20-6-4-3-5-19(20)22)13-18(14)21(25)23-15-8-10-16(28-2)11-9-15/h3-13,24H,1-2H3,(H,23,25). The number of amides is 1. The third kappa shape index (κ3) is 4.96. The molecule has 3 aromatic carbocycles. The Morgan fingerprint density at radius 1 is 1.00 bits per heavy atom. The number of para-hydroxylation sites is 1. The molecule has 5 nitrogen and oxygen atoms in total. The second-order valence-electron chi connectivity index (χ2n) is 6.24. The highest BCUT2D eigenvalue weighted by molar-refractivity contribution is 7.98. The highest BCUT2D eigenvalue weighted by Gasteiger charge is 2.19. The molecule has 0 bridgehead atoms. The van der Waals surface area contributed by atoms with Crippen LogP contribution in [0.15, 0.2) is 76.5 Å². The Morgan fingerprint density at radius 2 is 1.69 bits per heavy atom. The maximum Gasteiger partial charge on any atom is 0.262 e. The first kappa shape index (κ1) is 20.9. The van der Waals surface area contributed by atoms with Gasteiger partial charge in [0.1, 0.15) is 5.82 Å². The molecule has 29 heavy (non-hydrogen) atoms. The number of sulfonamides is 1. The van der Waals surface area contributed by atoms with Crippen molar-refractivity contribution in [3.05, 3.63) is 83.7 Å². The Kier molecular flexibility index (Phi) is 6.24. The minimum atomic E-state index is -4.06. The second kappa shape index (κ2) is 8.67. The van der Waals surface area contributed by atoms with Crippen LogP contribution in [0.2, 0.25) is 0 Å². The molecule has 1 amide bonds. The zero-order valence-corrected chi connectivity index (χ0v) is 17.4. The topological polar surface area (TPSA) is 75.3 Å². The second-order valence-corrected chi connectivity index (χ2v) is 8.81. The van der Waals surface area contributed by atoms with Crippen molar-refractivity contribution in [2.24, 2.45) is 0 Å². The van der Waals surface area contributed by atoms with E-state index in [4.69, 9.17) is 0 Å². The summed E-state index contributed by atoms with van der Waals surface area (Å²) in [4.78, 5) is 13.6. The highest BCUT2D eigenvalue weighted by Crippen LogP contribution is 2.23. The zero-order chi connectivity index (χ0) is 21.0. The van der Waals surface area contributed by atoms with E-state index in [2.05, 4.69) is 10.0 Å². The van der Waals surface area contributed by atoms with Crippen molar-refractivity contribution in [1.29, 1.82) is 0 Å². The Labute approximate surface area is 173 Å². The number of hydrogen-bond donors (Lipinski definition) is 2. The van der Waals surface area contributed by atoms with Crippen LogP contribution in [0.25, 0.3) is 0 Å². The van der Waals surface area contributed by atoms with Gasteiger partial charge < -0.3 is 5.32 Å². The summed E-state index contributed by atoms with van der Waals surface area (Å²) in [5.41, 5.74) is 1.28. The van der Waals surface area contributed by atoms with Crippen LogP contribution in [-0.4, -0.2) is 20.6 Å². The average Bonchev–Trinajstić information content (AvgIpc) is 2.70. The number of hydrogen-bond acceptors (Lipinski definition) is 4. The molecule has 8 heteroatoms. The summed E-state index contributed by atoms with van der Waals surface area (Å²) in [6, 6.07) is 17.0. The molecule has 0 aromatic heterocycles. The van der Waals surface area contributed by atoms with Gasteiger partial charge in [-0.2, -0.15) is 0 Å². The Morgan fingerprint density at radius 3 is 2.34 bits per heavy atom. The van der Waals surface area contributed by atoms with E-state index in [-0.39, 0.29) is 16.1 Å². The first-order valence-corrected chi connectivity index (χ1v) is 11.3. The van der Waals surface area contributed by atoms with E-state index in [1.165, 1.54) is 30.3 Å². The van der Waals surface area contributed by atoms with Gasteiger partial charge in [-0.05, 0) is 67.3 Å². The number of anilines is 2. The molecule has 3 rings (SSSR count). The van der Waals surface area contributed by atoms with E-state index in [1.54, 1.807) is 36.9 Å². The highest BCUT2D eigenvalue weighted by atomic mass is 32.2. The summed E-state index contributed by atoms with van der Waals surface area (Å²) in [5.74, 6) is -1.11. The van der Waals surface area contributed by atoms with Gasteiger partial charge in [0.15, 0.2) is 0 Å². The first-order valence-electron chi connectivity index (χ1n) is 8.63. The van der Waals surface area contributed by atoms with Crippen LogP contribution >= 0.6 is 11.8 Å². The number of carbonyl (C=O) groups excluding carboxylic acids is 1. The fourth-order valence-corrected chi connectivity index (χ4v) is 4.13. The van der Waals surface area contributed by atoms with Gasteiger partial charge in [-0.15, -0.1) is 11.8 Å². The van der Waals surface area contributed by atoms with Crippen molar-refractivity contribution in [1.82, 2.24) is 0 Å². The van der Waals surface area contributed by atoms with Crippen LogP contribution in [0.4, 0.5) is 15.8 Å². The Hall–Kier alpha value is -2.84. The zero-order valence-electron chi connectivity index (χ0n) is 15.8. The van der Waals surface area contributed by atoms with Gasteiger partial charge in [0.25, 0.3) is 15.9 Å². The van der Waals surface area contributed by atoms with Crippen molar-refractivity contribution in [2.45, 2.75) is 16.7 Å². The lowest BCUT2D eigenvalue weighted by Gasteiger charge is -2.12. The molecule has 3 aromatic rings. The number of nitrogens with one attached hydrogen (secondary N) is 2. The molecule has 0 saturated heterocycles. The third-order valence-electron chi connectivity index (χ3n) is 4.23. The predicted molar refractivity (Wildman–Crippen MR) is 115 cm³/mol. The van der Waals surface area contributed by atoms with Gasteiger partial charge in [0.2, 0.25) is 0 Å². The van der Waals surface area contributed by atoms with Crippen molar-refractivity contribution in [2.75, 3.05) is 16.3 Å². The number of halogens is 1. The van der Waals surface area contributed by atoms with Crippen LogP contribution in [0.3, 0.4) is 0 Å². The van der Waals surface area contributed by atoms with E-state index in [0.29, 0.717) is 11.3 Å². The minimum Gasteiger partial charge on any atom is -0.322 e. The molecule has 0 spiro atoms. The molecule has 2 N–H and O–H groups in total. The lowest BCUT2D eigenvalue weighted by molar-refractivity contribution is 0.102. The largest absolute Gasteiger partial charge is 0.322 e. The molecular formula is C21H19FN2O3S2. The summed E-state index contributed by atoms with van der Waals surface area (Å²) in [5, 5.41) is 2.76. The lowest BCUT2D eigenvalue weighted by Crippen LogP contribution is -2.17. The molecular weight excluding hydrogens is 411 g/mol. The van der Waals surface area contributed by atoms with E-state index in [1.807, 2.05) is 18.4 Å². The average molecular weight is 431 g/mol. The SMILES string of the molecule is CSc1ccc(NC(=O)c2cc(S(=O)(=O)Nc3ccccc3F)ccc2C)cc1. The van der Waals surface area contributed by atoms with Gasteiger partial charge in [0.05, 0.1) is 10.6 Å². The van der Waals surface area contributed by atoms with Crippen LogP contribution < -0.4 is 10.0 Å². The summed E-state index contributed by atoms with van der Waals surface area (Å²) in [7, 11) is -4.06. The number of rotatable bonds is 6. The quantitative estimate of drug-likeness (QED) is 0.545. The molecule has 0 heterocycles. The van der Waals surface area contributed by atoms with E-state index in [0.717, 1.165) is 11.0 Å². The molecule has 0 fully saturated rings. The fraction of sp³-hybridized carbons (Fsp3) is 0.0952. The van der Waals surface area contributed by atoms with E-state index in [9.17, 15) is 17.6 Å². The van der Waals surface area contributed by atoms with E-state index < -0.39 is 21.7 Å². The molecule has 0 aliphatic rings. The van der Waals surface area contributed by atoms with Gasteiger partial charge >= 0.3 is 0 Å². The molecule has 0 aliphatic carbocycles. The van der Waals surface area contributed by atoms with Crippen molar-refractivity contribution in [3.8, 4) is 0 Å². The third-order valence-corrected chi connectivity index (χ3v) is 6.34. The summed E-state index contributed by atoms with van der Waals surface area (Å²) in [6.45, 7) is 1.71. The predicted octanol–water partition coefficient (Wildman–Crippen LogP) is 4.91. The Bertz CT molecular complexity index is 1150. The first-order chi connectivity index (χ1) is 13.8. The molecule has 0 saturated carbocycles. The van der Waals surface area contributed by atoms with Crippen LogP contribution in [0.5, 0.6) is 0 Å². The lowest BCUT2D eigenvalue weighted by atomic mass is 10.1. The van der Waals surface area contributed by atoms with Gasteiger partial charge in [-0.1, -0.05) is 18.2 Å². The van der Waals surface area contributed by atoms with Crippen LogP contribution in [0, 0.1) is 12.7 Å². The smallest absolute Gasteiger partial charge is 0.262 e. The van der Waals surface area contributed by atoms with Gasteiger partial charge in [0, 0.05) is 16.1 Å². The number of benzene rings is 3. The minimum absolute atomic E-state index is 0.130. The maximum atomic E-state index is 13.8. The summed E-state index contributed by atoms with van der Waals surface area (Å²) >= 11 is 1.59. The molecule has 0 radical (unpaired) electrons. The van der Waals surface area contributed by atoms with E-state index >= 15 is 0 Å². The Balaban J connectivity index is 1.86. The van der Waals surface area contributed by atoms with Gasteiger partial charge in [-0.25, -0.2) is 12.8 Å². The molecule has 0 unspecified atom stereocenters. The summed E-state index contributed by atoms with van der Waals surface area (Å²) in [6.07, 6.45) is 1.96. The van der Waals surface area contributed by atoms with Crippen molar-refractivity contribution < 1.29 is 17.6 Å². The van der Waals surface area contributed by atoms with Gasteiger partial charge in [-0.3, -0.25) is 9.52 Å². The number of thioether (sulfide) groups is 1. The van der Waals surface area contributed by atoms with Crippen molar-refractivity contribution in [3.63, 3.8) is 0 Å².